The zero-order valence-corrected chi connectivity index (χ0v) is 18.4. The van der Waals surface area contributed by atoms with Gasteiger partial charge >= 0.3 is 6.09 Å². The van der Waals surface area contributed by atoms with Gasteiger partial charge in [0.15, 0.2) is 0 Å². The molecule has 3 heterocycles. The number of hydrogen-bond donors (Lipinski definition) is 2. The van der Waals surface area contributed by atoms with Crippen LogP contribution in [0.1, 0.15) is 46.5 Å². The predicted octanol–water partition coefficient (Wildman–Crippen LogP) is 4.92. The normalized spacial score (nSPS) is 12.9. The lowest BCUT2D eigenvalue weighted by atomic mass is 10.0. The molecule has 1 unspecified atom stereocenters. The molecule has 3 aromatic heterocycles. The number of nitrogens with one attached hydrogen (secondary N) is 2. The Morgan fingerprint density at radius 2 is 2.03 bits per heavy atom. The van der Waals surface area contributed by atoms with Gasteiger partial charge in [0.1, 0.15) is 21.3 Å². The van der Waals surface area contributed by atoms with Gasteiger partial charge in [0.05, 0.1) is 11.6 Å². The van der Waals surface area contributed by atoms with Crippen molar-refractivity contribution in [3.05, 3.63) is 45.7 Å². The Balaban J connectivity index is 1.98. The number of aromatic nitrogens is 3. The topological polar surface area (TPSA) is 97.0 Å². The number of carbonyl (C=O) groups is 1. The minimum absolute atomic E-state index is 0.0137. The van der Waals surface area contributed by atoms with Gasteiger partial charge in [0, 0.05) is 11.1 Å². The molecule has 1 amide bonds. The zero-order chi connectivity index (χ0) is 21.3. The summed E-state index contributed by atoms with van der Waals surface area (Å²) in [5, 5.41) is 3.19. The number of thiophene rings is 1. The zero-order valence-electron chi connectivity index (χ0n) is 16.9. The molecule has 3 rings (SSSR count). The third-order valence-corrected chi connectivity index (χ3v) is 5.42. The molecule has 0 spiro atoms. The fraction of sp³-hybridized carbons (Fsp3) is 0.400. The summed E-state index contributed by atoms with van der Waals surface area (Å²) in [6.07, 6.45) is 1.06. The second-order valence-electron chi connectivity index (χ2n) is 8.01. The maximum atomic E-state index is 12.7. The number of fused-ring (bicyclic) bond motifs is 1. The molecule has 7 nitrogen and oxygen atoms in total. The van der Waals surface area contributed by atoms with Crippen LogP contribution in [0.5, 0.6) is 0 Å². The molecule has 9 heteroatoms. The predicted molar refractivity (Wildman–Crippen MR) is 115 cm³/mol. The smallest absolute Gasteiger partial charge is 0.408 e. The molecular weight excluding hydrogens is 412 g/mol. The first kappa shape index (κ1) is 21.3. The Bertz CT molecular complexity index is 1100. The van der Waals surface area contributed by atoms with Crippen LogP contribution in [0.15, 0.2) is 29.2 Å². The average Bonchev–Trinajstić information content (AvgIpc) is 3.02. The summed E-state index contributed by atoms with van der Waals surface area (Å²) in [6, 6.07) is 4.91. The third kappa shape index (κ3) is 5.13. The van der Waals surface area contributed by atoms with Crippen LogP contribution < -0.4 is 10.9 Å². The highest BCUT2D eigenvalue weighted by atomic mass is 35.5. The average molecular weight is 435 g/mol. The molecule has 0 saturated heterocycles. The van der Waals surface area contributed by atoms with Crippen molar-refractivity contribution in [1.29, 1.82) is 0 Å². The standard InChI is InChI=1S/C20H23ClN4O3S/c1-10(2)15(24-19(27)28-20(3,4)5)17-23-12-9-13(29-16(12)18(26)25-17)11-6-7-22-14(21)8-11/h6-10,15H,1-5H3,(H,24,27)(H,23,25,26). The van der Waals surface area contributed by atoms with Crippen molar-refractivity contribution in [2.24, 2.45) is 5.92 Å². The highest BCUT2D eigenvalue weighted by Gasteiger charge is 2.25. The lowest BCUT2D eigenvalue weighted by molar-refractivity contribution is 0.0486. The number of rotatable bonds is 4. The molecule has 0 aliphatic rings. The lowest BCUT2D eigenvalue weighted by Gasteiger charge is -2.25. The van der Waals surface area contributed by atoms with E-state index in [4.69, 9.17) is 16.3 Å². The molecule has 154 valence electrons. The van der Waals surface area contributed by atoms with Crippen molar-refractivity contribution in [3.63, 3.8) is 0 Å². The van der Waals surface area contributed by atoms with E-state index in [-0.39, 0.29) is 11.5 Å². The number of aromatic amines is 1. The second kappa shape index (κ2) is 8.12. The number of nitrogens with zero attached hydrogens (tertiary/aromatic N) is 2. The number of H-pyrrole nitrogens is 1. The van der Waals surface area contributed by atoms with Gasteiger partial charge in [-0.1, -0.05) is 25.4 Å². The Labute approximate surface area is 177 Å². The maximum absolute atomic E-state index is 12.7. The number of alkyl carbamates (subject to hydrolysis) is 1. The number of ether oxygens (including phenoxy) is 1. The van der Waals surface area contributed by atoms with Crippen LogP contribution in [-0.2, 0) is 4.74 Å². The van der Waals surface area contributed by atoms with Crippen molar-refractivity contribution >= 4 is 39.2 Å². The SMILES string of the molecule is CC(C)C(NC(=O)OC(C)(C)C)c1nc2cc(-c3ccnc(Cl)c3)sc2c(=O)[nH]1. The van der Waals surface area contributed by atoms with E-state index in [2.05, 4.69) is 20.3 Å². The number of hydrogen-bond acceptors (Lipinski definition) is 6. The van der Waals surface area contributed by atoms with Gasteiger partial charge in [0.2, 0.25) is 0 Å². The third-order valence-electron chi connectivity index (χ3n) is 4.05. The molecule has 0 saturated carbocycles. The van der Waals surface area contributed by atoms with E-state index < -0.39 is 17.7 Å². The molecule has 1 atom stereocenters. The Hall–Kier alpha value is -2.45. The first-order valence-electron chi connectivity index (χ1n) is 9.18. The molecule has 2 N–H and O–H groups in total. The van der Waals surface area contributed by atoms with Crippen LogP contribution in [0, 0.1) is 5.92 Å². The van der Waals surface area contributed by atoms with Gasteiger partial charge in [-0.25, -0.2) is 14.8 Å². The van der Waals surface area contributed by atoms with E-state index in [1.165, 1.54) is 11.3 Å². The summed E-state index contributed by atoms with van der Waals surface area (Å²) in [4.78, 5) is 37.2. The van der Waals surface area contributed by atoms with E-state index in [0.29, 0.717) is 21.2 Å². The van der Waals surface area contributed by atoms with Crippen LogP contribution in [0.25, 0.3) is 20.7 Å². The summed E-state index contributed by atoms with van der Waals surface area (Å²) in [5.74, 6) is 0.376. The fourth-order valence-corrected chi connectivity index (χ4v) is 3.95. The van der Waals surface area contributed by atoms with Gasteiger partial charge in [-0.3, -0.25) is 4.79 Å². The number of pyridine rings is 1. The molecule has 0 fully saturated rings. The van der Waals surface area contributed by atoms with Crippen molar-refractivity contribution < 1.29 is 9.53 Å². The minimum Gasteiger partial charge on any atom is -0.444 e. The summed E-state index contributed by atoms with van der Waals surface area (Å²) < 4.78 is 5.86. The first-order valence-corrected chi connectivity index (χ1v) is 10.4. The fourth-order valence-electron chi connectivity index (χ4n) is 2.79. The van der Waals surface area contributed by atoms with Crippen LogP contribution >= 0.6 is 22.9 Å². The van der Waals surface area contributed by atoms with Crippen LogP contribution in [0.4, 0.5) is 4.79 Å². The molecule has 3 aromatic rings. The highest BCUT2D eigenvalue weighted by Crippen LogP contribution is 2.32. The molecule has 0 aromatic carbocycles. The molecule has 0 aliphatic heterocycles. The van der Waals surface area contributed by atoms with Crippen molar-refractivity contribution in [1.82, 2.24) is 20.3 Å². The number of halogens is 1. The second-order valence-corrected chi connectivity index (χ2v) is 9.45. The largest absolute Gasteiger partial charge is 0.444 e. The van der Waals surface area contributed by atoms with E-state index in [1.807, 2.05) is 26.0 Å². The summed E-state index contributed by atoms with van der Waals surface area (Å²) in [7, 11) is 0. The van der Waals surface area contributed by atoms with Crippen molar-refractivity contribution in [2.75, 3.05) is 0 Å². The molecule has 0 radical (unpaired) electrons. The summed E-state index contributed by atoms with van der Waals surface area (Å²) >= 11 is 7.31. The van der Waals surface area contributed by atoms with E-state index >= 15 is 0 Å². The van der Waals surface area contributed by atoms with Crippen LogP contribution in [0.3, 0.4) is 0 Å². The monoisotopic (exact) mass is 434 g/mol. The van der Waals surface area contributed by atoms with E-state index in [1.54, 1.807) is 33.0 Å². The van der Waals surface area contributed by atoms with Gasteiger partial charge in [-0.05, 0) is 50.5 Å². The van der Waals surface area contributed by atoms with Crippen LogP contribution in [0.2, 0.25) is 5.15 Å². The van der Waals surface area contributed by atoms with Crippen molar-refractivity contribution in [2.45, 2.75) is 46.3 Å². The Kier molecular flexibility index (Phi) is 5.95. The van der Waals surface area contributed by atoms with Crippen molar-refractivity contribution in [3.8, 4) is 10.4 Å². The number of amides is 1. The van der Waals surface area contributed by atoms with Gasteiger partial charge < -0.3 is 15.0 Å². The Morgan fingerprint density at radius 1 is 1.31 bits per heavy atom. The van der Waals surface area contributed by atoms with Crippen LogP contribution in [-0.4, -0.2) is 26.6 Å². The summed E-state index contributed by atoms with van der Waals surface area (Å²) in [5.41, 5.74) is 0.553. The first-order chi connectivity index (χ1) is 13.5. The van der Waals surface area contributed by atoms with E-state index in [0.717, 1.165) is 10.4 Å². The number of carbonyl (C=O) groups excluding carboxylic acids is 1. The molecular formula is C20H23ClN4O3S. The Morgan fingerprint density at radius 3 is 2.66 bits per heavy atom. The molecule has 0 bridgehead atoms. The maximum Gasteiger partial charge on any atom is 0.408 e. The summed E-state index contributed by atoms with van der Waals surface area (Å²) in [6.45, 7) is 9.25. The van der Waals surface area contributed by atoms with E-state index in [9.17, 15) is 9.59 Å². The lowest BCUT2D eigenvalue weighted by Crippen LogP contribution is -2.38. The minimum atomic E-state index is -0.621. The van der Waals surface area contributed by atoms with Gasteiger partial charge in [0.25, 0.3) is 5.56 Å². The molecule has 0 aliphatic carbocycles. The van der Waals surface area contributed by atoms with Gasteiger partial charge in [-0.15, -0.1) is 11.3 Å². The molecule has 29 heavy (non-hydrogen) atoms. The highest BCUT2D eigenvalue weighted by molar-refractivity contribution is 7.22. The van der Waals surface area contributed by atoms with Gasteiger partial charge in [-0.2, -0.15) is 0 Å². The quantitative estimate of drug-likeness (QED) is 0.568.